The Morgan fingerprint density at radius 2 is 1.77 bits per heavy atom. The minimum Gasteiger partial charge on any atom is -0.347 e. The summed E-state index contributed by atoms with van der Waals surface area (Å²) in [5, 5.41) is 7.67. The molecule has 8 heteroatoms. The molecule has 0 aliphatic carbocycles. The van der Waals surface area contributed by atoms with E-state index in [1.165, 1.54) is 19.3 Å². The number of likely N-dealkylation sites (tertiary alicyclic amines) is 1. The van der Waals surface area contributed by atoms with Crippen LogP contribution in [0.1, 0.15) is 51.0 Å². The lowest BCUT2D eigenvalue weighted by Gasteiger charge is -2.35. The second kappa shape index (κ2) is 9.84. The second-order valence-electron chi connectivity index (χ2n) is 8.00. The number of hydrogen-bond donors (Lipinski definition) is 3. The molecule has 2 heterocycles. The lowest BCUT2D eigenvalue weighted by Crippen LogP contribution is -2.51. The molecule has 30 heavy (non-hydrogen) atoms. The first-order chi connectivity index (χ1) is 14.4. The molecule has 1 atom stereocenters. The Bertz CT molecular complexity index is 802. The first kappa shape index (κ1) is 22.0. The zero-order valence-electron chi connectivity index (χ0n) is 17.5. The molecule has 1 aromatic rings. The molecular weight excluding hydrogens is 384 g/mol. The highest BCUT2D eigenvalue weighted by molar-refractivity contribution is 6.39. The van der Waals surface area contributed by atoms with Crippen molar-refractivity contribution in [3.63, 3.8) is 0 Å². The fraction of sp³-hybridized carbons (Fsp3) is 0.545. The van der Waals surface area contributed by atoms with Gasteiger partial charge in [-0.25, -0.2) is 0 Å². The van der Waals surface area contributed by atoms with Crippen molar-refractivity contribution in [3.8, 4) is 0 Å². The molecule has 2 aliphatic heterocycles. The maximum Gasteiger partial charge on any atom is 0.313 e. The average molecular weight is 415 g/mol. The molecule has 4 amide bonds. The van der Waals surface area contributed by atoms with Crippen LogP contribution in [0.25, 0.3) is 0 Å². The van der Waals surface area contributed by atoms with Crippen molar-refractivity contribution in [2.24, 2.45) is 0 Å². The van der Waals surface area contributed by atoms with Gasteiger partial charge in [-0.1, -0.05) is 25.5 Å². The normalized spacial score (nSPS) is 22.3. The van der Waals surface area contributed by atoms with Crippen molar-refractivity contribution in [2.45, 2.75) is 50.9 Å². The SMILES string of the molecule is CC[C@@]1(c2ccc(NC(=O)C(=O)NCCN3CCCCC3)cc2)CCC(=O)NC1=O. The van der Waals surface area contributed by atoms with Crippen molar-refractivity contribution < 1.29 is 19.2 Å². The summed E-state index contributed by atoms with van der Waals surface area (Å²) in [5.41, 5.74) is 0.523. The summed E-state index contributed by atoms with van der Waals surface area (Å²) >= 11 is 0. The molecule has 0 spiro atoms. The van der Waals surface area contributed by atoms with Crippen LogP contribution >= 0.6 is 0 Å². The van der Waals surface area contributed by atoms with Gasteiger partial charge in [0.25, 0.3) is 0 Å². The Labute approximate surface area is 176 Å². The summed E-state index contributed by atoms with van der Waals surface area (Å²) in [6.07, 6.45) is 4.95. The van der Waals surface area contributed by atoms with Crippen LogP contribution in [0.2, 0.25) is 0 Å². The minimum atomic E-state index is -0.748. The van der Waals surface area contributed by atoms with Gasteiger partial charge in [0.2, 0.25) is 11.8 Å². The molecule has 0 saturated carbocycles. The number of piperidine rings is 2. The van der Waals surface area contributed by atoms with Gasteiger partial charge in [0.15, 0.2) is 0 Å². The maximum atomic E-state index is 12.5. The summed E-state index contributed by atoms with van der Waals surface area (Å²) in [4.78, 5) is 50.4. The largest absolute Gasteiger partial charge is 0.347 e. The van der Waals surface area contributed by atoms with E-state index in [1.54, 1.807) is 24.3 Å². The number of rotatable bonds is 6. The van der Waals surface area contributed by atoms with Gasteiger partial charge < -0.3 is 15.5 Å². The molecular formula is C22H30N4O4. The highest BCUT2D eigenvalue weighted by Gasteiger charge is 2.42. The molecule has 0 radical (unpaired) electrons. The molecule has 2 aliphatic rings. The fourth-order valence-corrected chi connectivity index (χ4v) is 4.22. The van der Waals surface area contributed by atoms with Crippen molar-refractivity contribution in [3.05, 3.63) is 29.8 Å². The smallest absolute Gasteiger partial charge is 0.313 e. The maximum absolute atomic E-state index is 12.5. The van der Waals surface area contributed by atoms with E-state index in [1.807, 2.05) is 6.92 Å². The Morgan fingerprint density at radius 3 is 2.40 bits per heavy atom. The van der Waals surface area contributed by atoms with Gasteiger partial charge in [-0.15, -0.1) is 0 Å². The van der Waals surface area contributed by atoms with Crippen LogP contribution in [-0.4, -0.2) is 54.7 Å². The standard InChI is InChI=1S/C22H30N4O4/c1-2-22(11-10-18(27)25-21(22)30)16-6-8-17(9-7-16)24-20(29)19(28)23-12-15-26-13-4-3-5-14-26/h6-9H,2-5,10-15H2,1H3,(H,23,28)(H,24,29)(H,25,27,30)/t22-/m0/s1. The molecule has 0 bridgehead atoms. The van der Waals surface area contributed by atoms with Crippen LogP contribution in [0.5, 0.6) is 0 Å². The Morgan fingerprint density at radius 1 is 1.07 bits per heavy atom. The zero-order chi connectivity index (χ0) is 21.6. The topological polar surface area (TPSA) is 108 Å². The van der Waals surface area contributed by atoms with E-state index in [2.05, 4.69) is 20.9 Å². The van der Waals surface area contributed by atoms with Gasteiger partial charge in [0, 0.05) is 25.2 Å². The van der Waals surface area contributed by atoms with E-state index in [0.29, 0.717) is 31.5 Å². The third-order valence-electron chi connectivity index (χ3n) is 6.13. The highest BCUT2D eigenvalue weighted by atomic mass is 16.2. The summed E-state index contributed by atoms with van der Waals surface area (Å²) in [5.74, 6) is -1.91. The van der Waals surface area contributed by atoms with Crippen LogP contribution in [0.4, 0.5) is 5.69 Å². The lowest BCUT2D eigenvalue weighted by molar-refractivity contribution is -0.138. The van der Waals surface area contributed by atoms with Crippen LogP contribution < -0.4 is 16.0 Å². The monoisotopic (exact) mass is 414 g/mol. The van der Waals surface area contributed by atoms with Crippen LogP contribution in [0.3, 0.4) is 0 Å². The number of nitrogens with zero attached hydrogens (tertiary/aromatic N) is 1. The fourth-order valence-electron chi connectivity index (χ4n) is 4.22. The number of anilines is 1. The van der Waals surface area contributed by atoms with Crippen LogP contribution in [0.15, 0.2) is 24.3 Å². The average Bonchev–Trinajstić information content (AvgIpc) is 2.75. The third-order valence-corrected chi connectivity index (χ3v) is 6.13. The molecule has 162 valence electrons. The Balaban J connectivity index is 1.53. The van der Waals surface area contributed by atoms with Crippen molar-refractivity contribution in [2.75, 3.05) is 31.5 Å². The second-order valence-corrected chi connectivity index (χ2v) is 8.00. The zero-order valence-corrected chi connectivity index (χ0v) is 17.5. The molecule has 1 aromatic carbocycles. The van der Waals surface area contributed by atoms with E-state index >= 15 is 0 Å². The van der Waals surface area contributed by atoms with Gasteiger partial charge in [0.05, 0.1) is 5.41 Å². The molecule has 8 nitrogen and oxygen atoms in total. The Kier molecular flexibility index (Phi) is 7.20. The van der Waals surface area contributed by atoms with Crippen molar-refractivity contribution in [1.29, 1.82) is 0 Å². The summed E-state index contributed by atoms with van der Waals surface area (Å²) in [6, 6.07) is 6.89. The van der Waals surface area contributed by atoms with E-state index in [-0.39, 0.29) is 11.8 Å². The van der Waals surface area contributed by atoms with Crippen molar-refractivity contribution >= 4 is 29.3 Å². The summed E-state index contributed by atoms with van der Waals surface area (Å²) < 4.78 is 0. The molecule has 2 fully saturated rings. The highest BCUT2D eigenvalue weighted by Crippen LogP contribution is 2.36. The van der Waals surface area contributed by atoms with Gasteiger partial charge >= 0.3 is 11.8 Å². The van der Waals surface area contributed by atoms with E-state index in [9.17, 15) is 19.2 Å². The molecule has 3 N–H and O–H groups in total. The van der Waals surface area contributed by atoms with E-state index < -0.39 is 17.2 Å². The minimum absolute atomic E-state index is 0.251. The van der Waals surface area contributed by atoms with E-state index in [0.717, 1.165) is 25.2 Å². The van der Waals surface area contributed by atoms with Gasteiger partial charge in [0.1, 0.15) is 0 Å². The number of benzene rings is 1. The van der Waals surface area contributed by atoms with Gasteiger partial charge in [-0.2, -0.15) is 0 Å². The summed E-state index contributed by atoms with van der Waals surface area (Å²) in [6.45, 7) is 5.19. The van der Waals surface area contributed by atoms with Crippen molar-refractivity contribution in [1.82, 2.24) is 15.5 Å². The number of nitrogens with one attached hydrogen (secondary N) is 3. The number of amides is 4. The van der Waals surface area contributed by atoms with Crippen LogP contribution in [0, 0.1) is 0 Å². The summed E-state index contributed by atoms with van der Waals surface area (Å²) in [7, 11) is 0. The van der Waals surface area contributed by atoms with Gasteiger partial charge in [-0.3, -0.25) is 24.5 Å². The number of imide groups is 1. The lowest BCUT2D eigenvalue weighted by atomic mass is 9.72. The molecule has 0 unspecified atom stereocenters. The predicted octanol–water partition coefficient (Wildman–Crippen LogP) is 1.31. The van der Waals surface area contributed by atoms with E-state index in [4.69, 9.17) is 0 Å². The molecule has 0 aromatic heterocycles. The third kappa shape index (κ3) is 5.05. The van der Waals surface area contributed by atoms with Crippen LogP contribution in [-0.2, 0) is 24.6 Å². The first-order valence-electron chi connectivity index (χ1n) is 10.7. The molecule has 3 rings (SSSR count). The predicted molar refractivity (Wildman–Crippen MR) is 113 cm³/mol. The Hall–Kier alpha value is -2.74. The first-order valence-corrected chi connectivity index (χ1v) is 10.7. The molecule has 2 saturated heterocycles. The number of carbonyl (C=O) groups excluding carboxylic acids is 4. The quantitative estimate of drug-likeness (QED) is 0.481. The number of hydrogen-bond acceptors (Lipinski definition) is 5. The number of carbonyl (C=O) groups is 4. The van der Waals surface area contributed by atoms with Gasteiger partial charge in [-0.05, 0) is 56.5 Å².